The van der Waals surface area contributed by atoms with Crippen LogP contribution in [0, 0.1) is 6.92 Å². The summed E-state index contributed by atoms with van der Waals surface area (Å²) in [6.45, 7) is 5.66. The number of nitrogens with one attached hydrogen (secondary N) is 2. The summed E-state index contributed by atoms with van der Waals surface area (Å²) in [7, 11) is -3.83. The van der Waals surface area contributed by atoms with Crippen LogP contribution in [0.4, 0.5) is 4.39 Å². The van der Waals surface area contributed by atoms with Gasteiger partial charge in [-0.1, -0.05) is 61.2 Å². The Bertz CT molecular complexity index is 1180. The highest BCUT2D eigenvalue weighted by atomic mass is 31.2. The molecule has 0 bridgehead atoms. The van der Waals surface area contributed by atoms with Gasteiger partial charge in [-0.2, -0.15) is 4.39 Å². The lowest BCUT2D eigenvalue weighted by atomic mass is 10.1. The number of aliphatic hydroxyl groups is 1. The van der Waals surface area contributed by atoms with Crippen molar-refractivity contribution < 1.29 is 32.6 Å². The number of hydrogen-bond donors (Lipinski definition) is 3. The zero-order valence-corrected chi connectivity index (χ0v) is 20.7. The molecule has 9 nitrogen and oxygen atoms in total. The van der Waals surface area contributed by atoms with Crippen LogP contribution in [0.3, 0.4) is 0 Å². The molecule has 0 radical (unpaired) electrons. The van der Waals surface area contributed by atoms with Gasteiger partial charge in [0, 0.05) is 19.2 Å². The second-order valence-corrected chi connectivity index (χ2v) is 10.4. The maximum Gasteiger partial charge on any atom is 0.406 e. The Labute approximate surface area is 209 Å². The fourth-order valence-electron chi connectivity index (χ4n) is 3.82. The summed E-state index contributed by atoms with van der Waals surface area (Å²) in [6.07, 6.45) is -1.59. The molecular weight excluding hydrogens is 488 g/mol. The zero-order valence-electron chi connectivity index (χ0n) is 19.8. The van der Waals surface area contributed by atoms with E-state index in [2.05, 4.69) is 17.0 Å². The molecule has 0 aromatic heterocycles. The minimum atomic E-state index is -3.83. The number of carbonyl (C=O) groups is 1. The van der Waals surface area contributed by atoms with Crippen LogP contribution in [-0.4, -0.2) is 41.0 Å². The summed E-state index contributed by atoms with van der Waals surface area (Å²) in [4.78, 5) is 12.7. The highest BCUT2D eigenvalue weighted by molar-refractivity contribution is 7.51. The Morgan fingerprint density at radius 2 is 1.94 bits per heavy atom. The third-order valence-corrected chi connectivity index (χ3v) is 7.44. The molecule has 0 aliphatic carbocycles. The third-order valence-electron chi connectivity index (χ3n) is 5.93. The van der Waals surface area contributed by atoms with Crippen LogP contribution < -0.4 is 10.4 Å². The lowest BCUT2D eigenvalue weighted by Crippen LogP contribution is -2.42. The summed E-state index contributed by atoms with van der Waals surface area (Å²) in [5.74, 6) is -1.78. The first-order valence-corrected chi connectivity index (χ1v) is 13.0. The van der Waals surface area contributed by atoms with E-state index in [1.165, 1.54) is 4.90 Å². The van der Waals surface area contributed by atoms with Crippen molar-refractivity contribution in [2.45, 2.75) is 44.9 Å². The van der Waals surface area contributed by atoms with Crippen molar-refractivity contribution in [2.75, 3.05) is 6.61 Å². The van der Waals surface area contributed by atoms with E-state index >= 15 is 0 Å². The van der Waals surface area contributed by atoms with E-state index in [1.54, 1.807) is 0 Å². The molecule has 1 fully saturated rings. The zero-order chi connectivity index (χ0) is 25.7. The molecule has 2 aromatic carbocycles. The van der Waals surface area contributed by atoms with E-state index in [0.29, 0.717) is 0 Å². The number of hydrogen-bond acceptors (Lipinski definition) is 7. The predicted octanol–water partition coefficient (Wildman–Crippen LogP) is 3.62. The Morgan fingerprint density at radius 1 is 1.22 bits per heavy atom. The van der Waals surface area contributed by atoms with Crippen molar-refractivity contribution in [3.8, 4) is 0 Å². The average Bonchev–Trinajstić information content (AvgIpc) is 3.24. The largest absolute Gasteiger partial charge is 0.406 e. The van der Waals surface area contributed by atoms with Gasteiger partial charge in [0.05, 0.1) is 19.3 Å². The molecule has 1 saturated heterocycles. The first-order chi connectivity index (χ1) is 17.2. The van der Waals surface area contributed by atoms with Crippen LogP contribution in [0.5, 0.6) is 0 Å². The molecule has 0 spiro atoms. The van der Waals surface area contributed by atoms with Crippen LogP contribution in [0.15, 0.2) is 79.0 Å². The number of rotatable bonds is 10. The topological polar surface area (TPSA) is 109 Å². The Hall–Kier alpha value is -2.85. The average molecular weight is 517 g/mol. The van der Waals surface area contributed by atoms with Gasteiger partial charge >= 0.3 is 7.75 Å². The maximum absolute atomic E-state index is 13.8. The van der Waals surface area contributed by atoms with E-state index in [4.69, 9.17) is 13.8 Å². The summed E-state index contributed by atoms with van der Waals surface area (Å²) in [5.41, 5.74) is 2.73. The van der Waals surface area contributed by atoms with Crippen LogP contribution >= 0.6 is 7.75 Å². The van der Waals surface area contributed by atoms with E-state index in [1.807, 2.05) is 61.5 Å². The molecule has 2 heterocycles. The smallest absolute Gasteiger partial charge is 0.390 e. The summed E-state index contributed by atoms with van der Waals surface area (Å²) in [6, 6.07) is 17.0. The summed E-state index contributed by atoms with van der Waals surface area (Å²) < 4.78 is 44.7. The molecule has 3 N–H and O–H groups in total. The Balaban J connectivity index is 1.42. The number of benzene rings is 2. The summed E-state index contributed by atoms with van der Waals surface area (Å²) in [5, 5.41) is 15.7. The third kappa shape index (κ3) is 6.47. The number of carbonyl (C=O) groups excluding carboxylic acids is 1. The first-order valence-electron chi connectivity index (χ1n) is 11.5. The van der Waals surface area contributed by atoms with Crippen molar-refractivity contribution in [1.29, 1.82) is 0 Å². The second kappa shape index (κ2) is 11.5. The molecule has 0 saturated carbocycles. The van der Waals surface area contributed by atoms with Crippen molar-refractivity contribution >= 4 is 13.7 Å². The molecule has 36 heavy (non-hydrogen) atoms. The van der Waals surface area contributed by atoms with E-state index in [9.17, 15) is 18.9 Å². The highest BCUT2D eigenvalue weighted by Crippen LogP contribution is 2.46. The SMILES string of the molecule is C=C1NC(=O)C(F)=CN1C1CC(O)C(COP(=O)(NCc2ccccc2)OCc2ccccc2C)O1. The van der Waals surface area contributed by atoms with Crippen LogP contribution in [0.2, 0.25) is 0 Å². The Kier molecular flexibility index (Phi) is 8.35. The highest BCUT2D eigenvalue weighted by Gasteiger charge is 2.40. The van der Waals surface area contributed by atoms with Gasteiger partial charge < -0.3 is 20.1 Å². The molecule has 4 atom stereocenters. The quantitative estimate of drug-likeness (QED) is 0.410. The maximum atomic E-state index is 13.8. The van der Waals surface area contributed by atoms with Gasteiger partial charge in [0.2, 0.25) is 5.83 Å². The van der Waals surface area contributed by atoms with Gasteiger partial charge in [-0.25, -0.2) is 9.65 Å². The minimum Gasteiger partial charge on any atom is -0.390 e. The van der Waals surface area contributed by atoms with Crippen LogP contribution in [0.1, 0.15) is 23.1 Å². The van der Waals surface area contributed by atoms with Crippen molar-refractivity contribution in [3.05, 3.63) is 95.7 Å². The van der Waals surface area contributed by atoms with Gasteiger partial charge in [0.1, 0.15) is 18.2 Å². The van der Waals surface area contributed by atoms with Crippen molar-refractivity contribution in [3.63, 3.8) is 0 Å². The molecule has 2 aliphatic rings. The van der Waals surface area contributed by atoms with E-state index in [0.717, 1.165) is 22.9 Å². The number of ether oxygens (including phenoxy) is 1. The fourth-order valence-corrected chi connectivity index (χ4v) is 5.10. The fraction of sp³-hybridized carbons (Fsp3) is 0.320. The minimum absolute atomic E-state index is 0.0554. The van der Waals surface area contributed by atoms with Gasteiger partial charge in [-0.15, -0.1) is 0 Å². The van der Waals surface area contributed by atoms with Gasteiger partial charge in [0.25, 0.3) is 5.91 Å². The number of aliphatic hydroxyl groups excluding tert-OH is 1. The van der Waals surface area contributed by atoms with E-state index in [-0.39, 0.29) is 32.0 Å². The van der Waals surface area contributed by atoms with Gasteiger partial charge in [-0.05, 0) is 23.6 Å². The standard InChI is InChI=1S/C25H29FN3O6P/c1-17-8-6-7-11-20(17)15-33-36(32,27-13-19-9-4-3-5-10-19)34-16-23-22(30)12-24(35-23)29-14-21(26)25(31)28-18(29)2/h3-11,14,22-24,30H,2,12-13,15-16H2,1H3,(H,27,32)(H,28,31). The number of amides is 1. The lowest BCUT2D eigenvalue weighted by Gasteiger charge is -2.31. The molecule has 4 rings (SSSR count). The van der Waals surface area contributed by atoms with Crippen molar-refractivity contribution in [1.82, 2.24) is 15.3 Å². The molecule has 4 unspecified atom stereocenters. The molecule has 2 aromatic rings. The van der Waals surface area contributed by atoms with E-state index < -0.39 is 37.9 Å². The molecular formula is C25H29FN3O6P. The Morgan fingerprint density at radius 3 is 2.69 bits per heavy atom. The number of halogens is 1. The normalized spacial score (nSPS) is 23.8. The first kappa shape index (κ1) is 26.2. The molecule has 1 amide bonds. The lowest BCUT2D eigenvalue weighted by molar-refractivity contribution is -0.120. The second-order valence-electron chi connectivity index (χ2n) is 8.53. The van der Waals surface area contributed by atoms with Crippen LogP contribution in [-0.2, 0) is 36.3 Å². The molecule has 192 valence electrons. The summed E-state index contributed by atoms with van der Waals surface area (Å²) >= 11 is 0. The van der Waals surface area contributed by atoms with Gasteiger partial charge in [-0.3, -0.25) is 13.8 Å². The van der Waals surface area contributed by atoms with Crippen LogP contribution in [0.25, 0.3) is 0 Å². The predicted molar refractivity (Wildman–Crippen MR) is 130 cm³/mol. The number of nitrogens with zero attached hydrogens (tertiary/aromatic N) is 1. The van der Waals surface area contributed by atoms with Crippen molar-refractivity contribution in [2.24, 2.45) is 0 Å². The monoisotopic (exact) mass is 517 g/mol. The molecule has 2 aliphatic heterocycles. The number of aryl methyl sites for hydroxylation is 1. The molecule has 11 heteroatoms. The van der Waals surface area contributed by atoms with Gasteiger partial charge in [0.15, 0.2) is 0 Å².